The summed E-state index contributed by atoms with van der Waals surface area (Å²) in [5.74, 6) is -0.308. The van der Waals surface area contributed by atoms with Gasteiger partial charge in [0.2, 0.25) is 6.79 Å². The maximum Gasteiger partial charge on any atom is 0.341 e. The van der Waals surface area contributed by atoms with Crippen molar-refractivity contribution in [1.82, 2.24) is 14.0 Å². The van der Waals surface area contributed by atoms with Gasteiger partial charge in [0.25, 0.3) is 11.5 Å². The molecule has 3 aromatic heterocycles. The highest BCUT2D eigenvalue weighted by atomic mass is 16.7. The Labute approximate surface area is 225 Å². The number of esters is 1. The molecule has 10 nitrogen and oxygen atoms in total. The minimum absolute atomic E-state index is 0.0287. The van der Waals surface area contributed by atoms with E-state index in [1.54, 1.807) is 42.0 Å². The van der Waals surface area contributed by atoms with Crippen molar-refractivity contribution < 1.29 is 23.8 Å². The van der Waals surface area contributed by atoms with Gasteiger partial charge in [-0.3, -0.25) is 14.0 Å². The second kappa shape index (κ2) is 12.4. The van der Waals surface area contributed by atoms with Gasteiger partial charge in [-0.05, 0) is 50.1 Å². The van der Waals surface area contributed by atoms with Crippen molar-refractivity contribution in [2.75, 3.05) is 13.4 Å². The molecule has 1 saturated heterocycles. The average molecular weight is 533 g/mol. The van der Waals surface area contributed by atoms with Crippen molar-refractivity contribution >= 4 is 28.6 Å². The van der Waals surface area contributed by atoms with Crippen LogP contribution in [0.1, 0.15) is 55.5 Å². The lowest BCUT2D eigenvalue weighted by molar-refractivity contribution is -0.117. The van der Waals surface area contributed by atoms with Crippen molar-refractivity contribution in [2.45, 2.75) is 53.0 Å². The molecule has 0 bridgehead atoms. The maximum atomic E-state index is 13.5. The number of aromatic nitrogens is 3. The van der Waals surface area contributed by atoms with Crippen LogP contribution in [-0.4, -0.2) is 39.2 Å². The van der Waals surface area contributed by atoms with E-state index >= 15 is 0 Å². The van der Waals surface area contributed by atoms with Crippen LogP contribution < -0.4 is 11.0 Å². The molecule has 1 fully saturated rings. The van der Waals surface area contributed by atoms with Crippen LogP contribution in [0, 0.1) is 6.92 Å². The molecule has 0 saturated carbocycles. The lowest BCUT2D eigenvalue weighted by Gasteiger charge is -2.15. The molecule has 39 heavy (non-hydrogen) atoms. The normalized spacial score (nSPS) is 15.6. The van der Waals surface area contributed by atoms with Gasteiger partial charge < -0.3 is 18.8 Å². The zero-order chi connectivity index (χ0) is 27.9. The van der Waals surface area contributed by atoms with E-state index in [-0.39, 0.29) is 41.8 Å². The number of unbranched alkanes of at least 4 members (excludes halogenated alkanes) is 2. The molecule has 0 atom stereocenters. The van der Waals surface area contributed by atoms with Crippen LogP contribution in [0.4, 0.5) is 0 Å². The number of pyridine rings is 2. The fourth-order valence-corrected chi connectivity index (χ4v) is 4.34. The van der Waals surface area contributed by atoms with Crippen molar-refractivity contribution in [3.05, 3.63) is 87.7 Å². The molecular weight excluding hydrogens is 500 g/mol. The van der Waals surface area contributed by atoms with Crippen molar-refractivity contribution in [3.63, 3.8) is 0 Å². The van der Waals surface area contributed by atoms with Crippen LogP contribution in [0.5, 0.6) is 0 Å². The standard InChI is InChI=1S/C29H32N4O6/c1-5-8-9-15-32-26-20(28(35)33-16-10-12-19(4)25(33)31-26)17-21(29(36)37-7-3)27(32)30-24(34)14-13-23-22(11-6-2)38-18-39-23/h6,10-13,16-17H,2,5,7-9,14-15,18H2,1,3-4H3/b22-11+,23-13+,30-27?. The van der Waals surface area contributed by atoms with Gasteiger partial charge in [-0.2, -0.15) is 4.99 Å². The summed E-state index contributed by atoms with van der Waals surface area (Å²) in [6.07, 6.45) is 8.90. The number of amides is 1. The molecule has 10 heteroatoms. The Hall–Kier alpha value is -4.47. The van der Waals surface area contributed by atoms with E-state index in [0.717, 1.165) is 24.8 Å². The van der Waals surface area contributed by atoms with E-state index in [1.807, 2.05) is 13.0 Å². The first-order chi connectivity index (χ1) is 18.9. The molecule has 0 unspecified atom stereocenters. The van der Waals surface area contributed by atoms with E-state index < -0.39 is 11.9 Å². The number of fused-ring (bicyclic) bond motifs is 2. The maximum absolute atomic E-state index is 13.5. The van der Waals surface area contributed by atoms with Gasteiger partial charge >= 0.3 is 5.97 Å². The fraction of sp³-hybridized carbons (Fsp3) is 0.345. The summed E-state index contributed by atoms with van der Waals surface area (Å²) < 4.78 is 19.2. The molecule has 4 heterocycles. The Bertz CT molecular complexity index is 1630. The van der Waals surface area contributed by atoms with Crippen LogP contribution in [-0.2, 0) is 25.5 Å². The number of allylic oxidation sites excluding steroid dienone is 2. The molecule has 0 aromatic carbocycles. The van der Waals surface area contributed by atoms with Crippen molar-refractivity contribution in [3.8, 4) is 0 Å². The van der Waals surface area contributed by atoms with Crippen LogP contribution in [0.2, 0.25) is 0 Å². The summed E-state index contributed by atoms with van der Waals surface area (Å²) in [5.41, 5.74) is 1.47. The quantitative estimate of drug-likeness (QED) is 0.232. The first-order valence-electron chi connectivity index (χ1n) is 13.0. The lowest BCUT2D eigenvalue weighted by Crippen LogP contribution is -2.33. The number of nitrogens with zero attached hydrogens (tertiary/aromatic N) is 4. The molecule has 0 spiro atoms. The van der Waals surface area contributed by atoms with E-state index in [9.17, 15) is 14.4 Å². The van der Waals surface area contributed by atoms with Gasteiger partial charge in [0.05, 0.1) is 18.4 Å². The largest absolute Gasteiger partial charge is 0.462 e. The molecule has 1 aliphatic heterocycles. The Balaban J connectivity index is 1.96. The summed E-state index contributed by atoms with van der Waals surface area (Å²) in [6, 6.07) is 5.07. The topological polar surface area (TPSA) is 113 Å². The third-order valence-electron chi connectivity index (χ3n) is 6.22. The highest BCUT2D eigenvalue weighted by Gasteiger charge is 2.21. The van der Waals surface area contributed by atoms with Gasteiger partial charge in [-0.1, -0.05) is 38.5 Å². The summed E-state index contributed by atoms with van der Waals surface area (Å²) >= 11 is 0. The number of carbonyl (C=O) groups is 2. The number of hydrogen-bond donors (Lipinski definition) is 0. The third-order valence-corrected chi connectivity index (χ3v) is 6.22. The summed E-state index contributed by atoms with van der Waals surface area (Å²) in [6.45, 7) is 9.85. The first kappa shape index (κ1) is 27.6. The Morgan fingerprint density at radius 2 is 2.00 bits per heavy atom. The molecular formula is C29H32N4O6. The SMILES string of the molecule is C=C/C=C1/OCO/C1=C/CC(=O)N=c1c(C(=O)OCC)cc2c(=O)n3cccc(C)c3nc2n1CCCCC. The predicted octanol–water partition coefficient (Wildman–Crippen LogP) is 4.10. The van der Waals surface area contributed by atoms with Gasteiger partial charge in [-0.25, -0.2) is 9.78 Å². The fourth-order valence-electron chi connectivity index (χ4n) is 4.34. The number of rotatable bonds is 9. The smallest absolute Gasteiger partial charge is 0.341 e. The Morgan fingerprint density at radius 3 is 2.74 bits per heavy atom. The highest BCUT2D eigenvalue weighted by molar-refractivity contribution is 5.94. The summed E-state index contributed by atoms with van der Waals surface area (Å²) in [4.78, 5) is 48.9. The Morgan fingerprint density at radius 1 is 1.21 bits per heavy atom. The molecule has 204 valence electrons. The van der Waals surface area contributed by atoms with Crippen LogP contribution in [0.15, 0.2) is 70.5 Å². The van der Waals surface area contributed by atoms with Crippen molar-refractivity contribution in [2.24, 2.45) is 4.99 Å². The summed E-state index contributed by atoms with van der Waals surface area (Å²) in [7, 11) is 0. The zero-order valence-corrected chi connectivity index (χ0v) is 22.4. The van der Waals surface area contributed by atoms with Gasteiger partial charge in [-0.15, -0.1) is 0 Å². The van der Waals surface area contributed by atoms with Crippen LogP contribution in [0.25, 0.3) is 16.7 Å². The predicted molar refractivity (Wildman–Crippen MR) is 146 cm³/mol. The summed E-state index contributed by atoms with van der Waals surface area (Å²) in [5, 5.41) is 0.238. The number of carbonyl (C=O) groups excluding carboxylic acids is 2. The second-order valence-corrected chi connectivity index (χ2v) is 8.95. The minimum Gasteiger partial charge on any atom is -0.462 e. The van der Waals surface area contributed by atoms with E-state index in [0.29, 0.717) is 29.4 Å². The van der Waals surface area contributed by atoms with Crippen LogP contribution in [0.3, 0.4) is 0 Å². The van der Waals surface area contributed by atoms with Gasteiger partial charge in [0.15, 0.2) is 17.0 Å². The zero-order valence-electron chi connectivity index (χ0n) is 22.4. The molecule has 3 aromatic rings. The van der Waals surface area contributed by atoms with Crippen molar-refractivity contribution in [1.29, 1.82) is 0 Å². The number of aryl methyl sites for hydroxylation is 2. The monoisotopic (exact) mass is 532 g/mol. The average Bonchev–Trinajstić information content (AvgIpc) is 3.36. The lowest BCUT2D eigenvalue weighted by atomic mass is 10.2. The molecule has 0 radical (unpaired) electrons. The minimum atomic E-state index is -0.675. The molecule has 0 aliphatic carbocycles. The first-order valence-corrected chi connectivity index (χ1v) is 13.0. The Kier molecular flexibility index (Phi) is 8.75. The highest BCUT2D eigenvalue weighted by Crippen LogP contribution is 2.21. The second-order valence-electron chi connectivity index (χ2n) is 8.95. The molecule has 4 rings (SSSR count). The third kappa shape index (κ3) is 5.84. The van der Waals surface area contributed by atoms with Gasteiger partial charge in [0.1, 0.15) is 16.9 Å². The molecule has 1 aliphatic rings. The molecule has 1 amide bonds. The number of hydrogen-bond acceptors (Lipinski definition) is 7. The van der Waals surface area contributed by atoms with Gasteiger partial charge in [0, 0.05) is 12.7 Å². The van der Waals surface area contributed by atoms with E-state index in [2.05, 4.69) is 18.5 Å². The molecule has 0 N–H and O–H groups in total. The van der Waals surface area contributed by atoms with Crippen LogP contribution >= 0.6 is 0 Å². The number of ether oxygens (including phenoxy) is 3. The van der Waals surface area contributed by atoms with E-state index in [4.69, 9.17) is 19.2 Å². The van der Waals surface area contributed by atoms with E-state index in [1.165, 1.54) is 10.5 Å².